The molecule has 0 aliphatic carbocycles. The summed E-state index contributed by atoms with van der Waals surface area (Å²) >= 11 is 1.56. The molecule has 1 amide bonds. The summed E-state index contributed by atoms with van der Waals surface area (Å²) in [6.45, 7) is 3.91. The van der Waals surface area contributed by atoms with Crippen molar-refractivity contribution in [2.75, 3.05) is 24.7 Å². The number of nitrogens with zero attached hydrogens (tertiary/aromatic N) is 2. The van der Waals surface area contributed by atoms with Gasteiger partial charge in [0.25, 0.3) is 0 Å². The van der Waals surface area contributed by atoms with Gasteiger partial charge in [0.1, 0.15) is 5.75 Å². The van der Waals surface area contributed by atoms with Crippen LogP contribution >= 0.6 is 11.3 Å². The molecular weight excluding hydrogens is 372 g/mol. The van der Waals surface area contributed by atoms with Crippen LogP contribution in [-0.4, -0.2) is 36.8 Å². The number of hydrogen-bond acceptors (Lipinski definition) is 5. The highest BCUT2D eigenvalue weighted by Gasteiger charge is 2.26. The molecule has 0 saturated carbocycles. The molecule has 5 nitrogen and oxygen atoms in total. The van der Waals surface area contributed by atoms with E-state index in [4.69, 9.17) is 14.5 Å². The molecule has 146 valence electrons. The maximum Gasteiger partial charge on any atom is 0.233 e. The molecule has 0 bridgehead atoms. The Labute approximate surface area is 168 Å². The van der Waals surface area contributed by atoms with Crippen molar-refractivity contribution < 1.29 is 14.3 Å². The highest BCUT2D eigenvalue weighted by Crippen LogP contribution is 2.30. The minimum absolute atomic E-state index is 0.0405. The van der Waals surface area contributed by atoms with Gasteiger partial charge in [0, 0.05) is 6.61 Å². The van der Waals surface area contributed by atoms with Crippen LogP contribution in [0, 0.1) is 0 Å². The highest BCUT2D eigenvalue weighted by molar-refractivity contribution is 7.22. The summed E-state index contributed by atoms with van der Waals surface area (Å²) in [7, 11) is 0. The third kappa shape index (κ3) is 4.34. The maximum atomic E-state index is 13.2. The number of anilines is 1. The van der Waals surface area contributed by atoms with Crippen LogP contribution in [0.1, 0.15) is 25.3 Å². The number of aromatic nitrogens is 1. The van der Waals surface area contributed by atoms with Gasteiger partial charge in [-0.05, 0) is 49.6 Å². The largest absolute Gasteiger partial charge is 0.494 e. The van der Waals surface area contributed by atoms with Gasteiger partial charge in [-0.15, -0.1) is 0 Å². The molecule has 1 fully saturated rings. The molecule has 1 saturated heterocycles. The lowest BCUT2D eigenvalue weighted by Crippen LogP contribution is -2.38. The number of rotatable bonds is 7. The molecule has 6 heteroatoms. The first kappa shape index (κ1) is 18.9. The molecular formula is C22H24N2O3S. The van der Waals surface area contributed by atoms with E-state index in [0.717, 1.165) is 46.1 Å². The van der Waals surface area contributed by atoms with Crippen LogP contribution in [0.3, 0.4) is 0 Å². The van der Waals surface area contributed by atoms with Gasteiger partial charge in [-0.1, -0.05) is 35.6 Å². The minimum atomic E-state index is 0.0405. The topological polar surface area (TPSA) is 51.7 Å². The van der Waals surface area contributed by atoms with E-state index in [0.29, 0.717) is 19.6 Å². The zero-order valence-electron chi connectivity index (χ0n) is 16.0. The number of para-hydroxylation sites is 1. The van der Waals surface area contributed by atoms with Crippen LogP contribution in [0.5, 0.6) is 5.75 Å². The zero-order chi connectivity index (χ0) is 19.3. The smallest absolute Gasteiger partial charge is 0.233 e. The van der Waals surface area contributed by atoms with Crippen molar-refractivity contribution in [1.82, 2.24) is 4.98 Å². The lowest BCUT2D eigenvalue weighted by Gasteiger charge is -2.23. The van der Waals surface area contributed by atoms with E-state index in [-0.39, 0.29) is 12.0 Å². The Hall–Kier alpha value is -2.44. The summed E-state index contributed by atoms with van der Waals surface area (Å²) in [5, 5.41) is 0.743. The molecule has 28 heavy (non-hydrogen) atoms. The highest BCUT2D eigenvalue weighted by atomic mass is 32.1. The number of carbonyl (C=O) groups excluding carboxylic acids is 1. The number of ether oxygens (including phenoxy) is 2. The molecule has 0 N–H and O–H groups in total. The van der Waals surface area contributed by atoms with E-state index >= 15 is 0 Å². The Morgan fingerprint density at radius 3 is 2.79 bits per heavy atom. The van der Waals surface area contributed by atoms with Crippen molar-refractivity contribution in [2.24, 2.45) is 0 Å². The van der Waals surface area contributed by atoms with Crippen molar-refractivity contribution in [2.45, 2.75) is 32.3 Å². The summed E-state index contributed by atoms with van der Waals surface area (Å²) < 4.78 is 12.4. The first-order valence-electron chi connectivity index (χ1n) is 9.72. The van der Waals surface area contributed by atoms with Crippen molar-refractivity contribution in [3.63, 3.8) is 0 Å². The number of hydrogen-bond donors (Lipinski definition) is 0. The number of amides is 1. The van der Waals surface area contributed by atoms with Gasteiger partial charge in [-0.3, -0.25) is 9.69 Å². The van der Waals surface area contributed by atoms with Crippen LogP contribution < -0.4 is 9.64 Å². The second-order valence-electron chi connectivity index (χ2n) is 6.86. The van der Waals surface area contributed by atoms with Gasteiger partial charge in [-0.2, -0.15) is 0 Å². The molecule has 1 aliphatic heterocycles. The fourth-order valence-corrected chi connectivity index (χ4v) is 4.39. The Morgan fingerprint density at radius 2 is 2.07 bits per heavy atom. The molecule has 1 aliphatic rings. The van der Waals surface area contributed by atoms with Crippen LogP contribution in [0.2, 0.25) is 0 Å². The third-order valence-electron chi connectivity index (χ3n) is 4.81. The lowest BCUT2D eigenvalue weighted by molar-refractivity contribution is -0.118. The summed E-state index contributed by atoms with van der Waals surface area (Å²) in [6.07, 6.45) is 2.44. The van der Waals surface area contributed by atoms with Crippen LogP contribution in [-0.2, 0) is 16.0 Å². The van der Waals surface area contributed by atoms with Gasteiger partial charge in [0.2, 0.25) is 5.91 Å². The molecule has 2 heterocycles. The Bertz CT molecular complexity index is 899. The van der Waals surface area contributed by atoms with E-state index in [1.807, 2.05) is 55.5 Å². The average molecular weight is 397 g/mol. The van der Waals surface area contributed by atoms with E-state index in [2.05, 4.69) is 0 Å². The number of fused-ring (bicyclic) bond motifs is 1. The summed E-state index contributed by atoms with van der Waals surface area (Å²) in [4.78, 5) is 19.7. The quantitative estimate of drug-likeness (QED) is 0.592. The molecule has 1 aromatic heterocycles. The number of carbonyl (C=O) groups is 1. The number of thiazole rings is 1. The summed E-state index contributed by atoms with van der Waals surface area (Å²) in [5.74, 6) is 0.861. The fraction of sp³-hybridized carbons (Fsp3) is 0.364. The predicted octanol–water partition coefficient (Wildman–Crippen LogP) is 4.45. The van der Waals surface area contributed by atoms with Crippen LogP contribution in [0.25, 0.3) is 10.2 Å². The van der Waals surface area contributed by atoms with E-state index in [1.54, 1.807) is 16.2 Å². The maximum absolute atomic E-state index is 13.2. The average Bonchev–Trinajstić information content (AvgIpc) is 3.37. The van der Waals surface area contributed by atoms with Gasteiger partial charge in [0.15, 0.2) is 5.13 Å². The molecule has 1 atom stereocenters. The molecule has 0 spiro atoms. The molecule has 0 unspecified atom stereocenters. The normalized spacial score (nSPS) is 16.4. The van der Waals surface area contributed by atoms with Crippen molar-refractivity contribution in [1.29, 1.82) is 0 Å². The number of benzene rings is 2. The van der Waals surface area contributed by atoms with Crippen molar-refractivity contribution >= 4 is 32.6 Å². The van der Waals surface area contributed by atoms with E-state index in [1.165, 1.54) is 0 Å². The monoisotopic (exact) mass is 396 g/mol. The molecule has 4 rings (SSSR count). The van der Waals surface area contributed by atoms with E-state index < -0.39 is 0 Å². The predicted molar refractivity (Wildman–Crippen MR) is 112 cm³/mol. The molecule has 0 radical (unpaired) electrons. The van der Waals surface area contributed by atoms with Gasteiger partial charge in [0.05, 0.1) is 35.9 Å². The first-order valence-corrected chi connectivity index (χ1v) is 10.5. The van der Waals surface area contributed by atoms with Crippen molar-refractivity contribution in [3.05, 3.63) is 54.1 Å². The van der Waals surface area contributed by atoms with Gasteiger partial charge < -0.3 is 9.47 Å². The lowest BCUT2D eigenvalue weighted by atomic mass is 10.1. The van der Waals surface area contributed by atoms with Crippen LogP contribution in [0.15, 0.2) is 48.5 Å². The van der Waals surface area contributed by atoms with Crippen LogP contribution in [0.4, 0.5) is 5.13 Å². The van der Waals surface area contributed by atoms with Crippen molar-refractivity contribution in [3.8, 4) is 5.75 Å². The second-order valence-corrected chi connectivity index (χ2v) is 7.87. The van der Waals surface area contributed by atoms with Gasteiger partial charge in [-0.25, -0.2) is 4.98 Å². The fourth-order valence-electron chi connectivity index (χ4n) is 3.39. The zero-order valence-corrected chi connectivity index (χ0v) is 16.8. The second kappa shape index (κ2) is 8.71. The minimum Gasteiger partial charge on any atom is -0.494 e. The Morgan fingerprint density at radius 1 is 1.25 bits per heavy atom. The summed E-state index contributed by atoms with van der Waals surface area (Å²) in [5.41, 5.74) is 1.89. The summed E-state index contributed by atoms with van der Waals surface area (Å²) in [6, 6.07) is 15.7. The molecule has 2 aromatic carbocycles. The van der Waals surface area contributed by atoms with E-state index in [9.17, 15) is 4.79 Å². The third-order valence-corrected chi connectivity index (χ3v) is 5.87. The molecule has 3 aromatic rings. The van der Waals surface area contributed by atoms with Gasteiger partial charge >= 0.3 is 0 Å². The Kier molecular flexibility index (Phi) is 5.88. The standard InChI is InChI=1S/C22H24N2O3S/c1-2-26-17-11-9-16(10-12-17)14-21(25)24(15-18-6-5-13-27-18)22-23-19-7-3-4-8-20(19)28-22/h3-4,7-12,18H,2,5-6,13-15H2,1H3/t18-/m0/s1. The SMILES string of the molecule is CCOc1ccc(CC(=O)N(C[C@@H]2CCCO2)c2nc3ccccc3s2)cc1. The first-order chi connectivity index (χ1) is 13.7. The Balaban J connectivity index is 1.55.